The van der Waals surface area contributed by atoms with E-state index in [1.165, 1.54) is 6.20 Å². The molecule has 5 heteroatoms. The third-order valence-corrected chi connectivity index (χ3v) is 3.31. The Bertz CT molecular complexity index is 463. The van der Waals surface area contributed by atoms with Crippen LogP contribution in [0.3, 0.4) is 0 Å². The highest BCUT2D eigenvalue weighted by Crippen LogP contribution is 2.21. The highest BCUT2D eigenvalue weighted by atomic mass is 35.5. The third-order valence-electron chi connectivity index (χ3n) is 2.57. The number of rotatable bonds is 4. The van der Waals surface area contributed by atoms with Crippen molar-refractivity contribution in [3.8, 4) is 0 Å². The van der Waals surface area contributed by atoms with Crippen LogP contribution < -0.4 is 5.56 Å². The van der Waals surface area contributed by atoms with Gasteiger partial charge >= 0.3 is 0 Å². The van der Waals surface area contributed by atoms with Gasteiger partial charge in [-0.2, -0.15) is 0 Å². The molecule has 0 radical (unpaired) electrons. The highest BCUT2D eigenvalue weighted by Gasteiger charge is 2.15. The van der Waals surface area contributed by atoms with E-state index in [1.807, 2.05) is 0 Å². The molecule has 0 amide bonds. The van der Waals surface area contributed by atoms with E-state index in [-0.39, 0.29) is 16.0 Å². The molecule has 0 saturated carbocycles. The van der Waals surface area contributed by atoms with Gasteiger partial charge in [0.05, 0.1) is 5.02 Å². The lowest BCUT2D eigenvalue weighted by atomic mass is 9.96. The van der Waals surface area contributed by atoms with E-state index in [9.17, 15) is 4.79 Å². The van der Waals surface area contributed by atoms with Crippen LogP contribution in [0.25, 0.3) is 0 Å². The van der Waals surface area contributed by atoms with Crippen LogP contribution >= 0.6 is 23.2 Å². The van der Waals surface area contributed by atoms with Crippen molar-refractivity contribution in [3.05, 3.63) is 32.2 Å². The largest absolute Gasteiger partial charge is 0.326 e. The molecular formula is C13H20Cl2N2O. The smallest absolute Gasteiger partial charge is 0.267 e. The van der Waals surface area contributed by atoms with Gasteiger partial charge in [-0.05, 0) is 24.4 Å². The summed E-state index contributed by atoms with van der Waals surface area (Å²) in [5, 5.41) is 0.718. The SMILES string of the molecule is CN(CCc1c(Cl)c[nH]c(=O)c1Cl)CC(C)(C)C. The first-order chi connectivity index (χ1) is 8.20. The molecule has 0 aromatic carbocycles. The molecule has 3 nitrogen and oxygen atoms in total. The molecule has 1 heterocycles. The zero-order valence-electron chi connectivity index (χ0n) is 11.3. The lowest BCUT2D eigenvalue weighted by molar-refractivity contribution is 0.229. The fraction of sp³-hybridized carbons (Fsp3) is 0.615. The molecule has 18 heavy (non-hydrogen) atoms. The van der Waals surface area contributed by atoms with Gasteiger partial charge in [0, 0.05) is 19.3 Å². The molecule has 0 aliphatic heterocycles. The third kappa shape index (κ3) is 4.63. The predicted octanol–water partition coefficient (Wildman–Crippen LogP) is 3.20. The normalized spacial score (nSPS) is 12.2. The maximum Gasteiger partial charge on any atom is 0.267 e. The summed E-state index contributed by atoms with van der Waals surface area (Å²) in [6.45, 7) is 8.37. The summed E-state index contributed by atoms with van der Waals surface area (Å²) >= 11 is 12.0. The zero-order chi connectivity index (χ0) is 13.9. The van der Waals surface area contributed by atoms with Crippen LogP contribution in [-0.4, -0.2) is 30.0 Å². The fourth-order valence-electron chi connectivity index (χ4n) is 1.94. The van der Waals surface area contributed by atoms with E-state index in [0.29, 0.717) is 11.4 Å². The Morgan fingerprint density at radius 3 is 2.50 bits per heavy atom. The van der Waals surface area contributed by atoms with Crippen LogP contribution in [-0.2, 0) is 6.42 Å². The molecule has 1 aromatic heterocycles. The average Bonchev–Trinajstić information content (AvgIpc) is 2.21. The molecular weight excluding hydrogens is 271 g/mol. The lowest BCUT2D eigenvalue weighted by Gasteiger charge is -2.26. The van der Waals surface area contributed by atoms with E-state index >= 15 is 0 Å². The Labute approximate surface area is 118 Å². The molecule has 0 saturated heterocycles. The number of hydrogen-bond donors (Lipinski definition) is 1. The van der Waals surface area contributed by atoms with Crippen molar-refractivity contribution in [2.45, 2.75) is 27.2 Å². The van der Waals surface area contributed by atoms with Gasteiger partial charge in [0.2, 0.25) is 0 Å². The summed E-state index contributed by atoms with van der Waals surface area (Å²) in [6, 6.07) is 0. The first-order valence-electron chi connectivity index (χ1n) is 5.95. The Kier molecular flexibility index (Phi) is 5.26. The second kappa shape index (κ2) is 6.09. The Morgan fingerprint density at radius 1 is 1.33 bits per heavy atom. The van der Waals surface area contributed by atoms with Gasteiger partial charge in [0.1, 0.15) is 5.02 Å². The zero-order valence-corrected chi connectivity index (χ0v) is 12.8. The minimum absolute atomic E-state index is 0.201. The van der Waals surface area contributed by atoms with E-state index < -0.39 is 0 Å². The Balaban J connectivity index is 2.70. The Morgan fingerprint density at radius 2 is 1.94 bits per heavy atom. The number of aromatic nitrogens is 1. The molecule has 1 aromatic rings. The van der Waals surface area contributed by atoms with Crippen LogP contribution in [0.4, 0.5) is 0 Å². The van der Waals surface area contributed by atoms with Crippen LogP contribution in [0.2, 0.25) is 10.0 Å². The summed E-state index contributed by atoms with van der Waals surface area (Å²) in [5.74, 6) is 0. The van der Waals surface area contributed by atoms with Gasteiger partial charge in [0.25, 0.3) is 5.56 Å². The number of pyridine rings is 1. The molecule has 0 aliphatic rings. The molecule has 0 fully saturated rings. The molecule has 0 spiro atoms. The first kappa shape index (κ1) is 15.5. The van der Waals surface area contributed by atoms with Crippen molar-refractivity contribution in [1.82, 2.24) is 9.88 Å². The summed E-state index contributed by atoms with van der Waals surface area (Å²) < 4.78 is 0. The number of aromatic amines is 1. The number of H-pyrrole nitrogens is 1. The molecule has 1 rings (SSSR count). The standard InChI is InChI=1S/C13H20Cl2N2O/c1-13(2,3)8-17(4)6-5-9-10(14)7-16-12(18)11(9)15/h7H,5-6,8H2,1-4H3,(H,16,18). The summed E-state index contributed by atoms with van der Waals surface area (Å²) in [6.07, 6.45) is 2.17. The van der Waals surface area contributed by atoms with Gasteiger partial charge in [-0.15, -0.1) is 0 Å². The molecule has 0 bridgehead atoms. The topological polar surface area (TPSA) is 36.1 Å². The van der Waals surface area contributed by atoms with E-state index in [0.717, 1.165) is 18.7 Å². The van der Waals surface area contributed by atoms with Crippen LogP contribution in [0.15, 0.2) is 11.0 Å². The van der Waals surface area contributed by atoms with Crippen LogP contribution in [0.1, 0.15) is 26.3 Å². The summed E-state index contributed by atoms with van der Waals surface area (Å²) in [5.41, 5.74) is 0.689. The first-order valence-corrected chi connectivity index (χ1v) is 6.70. The van der Waals surface area contributed by atoms with Crippen LogP contribution in [0.5, 0.6) is 0 Å². The Hall–Kier alpha value is -0.510. The second-order valence-electron chi connectivity index (χ2n) is 5.81. The maximum absolute atomic E-state index is 11.4. The van der Waals surface area contributed by atoms with E-state index in [1.54, 1.807) is 0 Å². The van der Waals surface area contributed by atoms with Gasteiger partial charge in [-0.1, -0.05) is 44.0 Å². The number of nitrogens with zero attached hydrogens (tertiary/aromatic N) is 1. The van der Waals surface area contributed by atoms with Crippen molar-refractivity contribution >= 4 is 23.2 Å². The average molecular weight is 291 g/mol. The number of halogens is 2. The molecule has 102 valence electrons. The van der Waals surface area contributed by atoms with Gasteiger partial charge < -0.3 is 9.88 Å². The molecule has 0 aliphatic carbocycles. The van der Waals surface area contributed by atoms with Gasteiger partial charge in [-0.3, -0.25) is 4.79 Å². The van der Waals surface area contributed by atoms with Crippen molar-refractivity contribution in [2.24, 2.45) is 5.41 Å². The van der Waals surface area contributed by atoms with Gasteiger partial charge in [-0.25, -0.2) is 0 Å². The highest BCUT2D eigenvalue weighted by molar-refractivity contribution is 6.35. The van der Waals surface area contributed by atoms with Crippen molar-refractivity contribution in [3.63, 3.8) is 0 Å². The predicted molar refractivity (Wildman–Crippen MR) is 77.7 cm³/mol. The van der Waals surface area contributed by atoms with E-state index in [2.05, 4.69) is 37.7 Å². The number of nitrogens with one attached hydrogen (secondary N) is 1. The van der Waals surface area contributed by atoms with Crippen molar-refractivity contribution < 1.29 is 0 Å². The quantitative estimate of drug-likeness (QED) is 0.924. The fourth-order valence-corrected chi connectivity index (χ4v) is 2.48. The monoisotopic (exact) mass is 290 g/mol. The van der Waals surface area contributed by atoms with Crippen LogP contribution in [0, 0.1) is 5.41 Å². The lowest BCUT2D eigenvalue weighted by Crippen LogP contribution is -2.31. The summed E-state index contributed by atoms with van der Waals surface area (Å²) in [4.78, 5) is 16.1. The number of likely N-dealkylation sites (N-methyl/N-ethyl adjacent to an activating group) is 1. The number of hydrogen-bond acceptors (Lipinski definition) is 2. The van der Waals surface area contributed by atoms with Crippen molar-refractivity contribution in [2.75, 3.05) is 20.1 Å². The molecule has 0 unspecified atom stereocenters. The minimum Gasteiger partial charge on any atom is -0.326 e. The molecule has 0 atom stereocenters. The second-order valence-corrected chi connectivity index (χ2v) is 6.59. The molecule has 1 N–H and O–H groups in total. The summed E-state index contributed by atoms with van der Waals surface area (Å²) in [7, 11) is 2.06. The van der Waals surface area contributed by atoms with Crippen molar-refractivity contribution in [1.29, 1.82) is 0 Å². The minimum atomic E-state index is -0.283. The maximum atomic E-state index is 11.4. The van der Waals surface area contributed by atoms with Gasteiger partial charge in [0.15, 0.2) is 0 Å². The van der Waals surface area contributed by atoms with E-state index in [4.69, 9.17) is 23.2 Å².